The van der Waals surface area contributed by atoms with Crippen molar-refractivity contribution in [3.63, 3.8) is 0 Å². The number of aryl methyl sites for hydroxylation is 1. The van der Waals surface area contributed by atoms with Crippen LogP contribution >= 0.6 is 0 Å². The summed E-state index contributed by atoms with van der Waals surface area (Å²) < 4.78 is 5.12. The van der Waals surface area contributed by atoms with E-state index in [4.69, 9.17) is 4.74 Å². The summed E-state index contributed by atoms with van der Waals surface area (Å²) in [5.41, 5.74) is 2.13. The fourth-order valence-corrected chi connectivity index (χ4v) is 1.68. The van der Waals surface area contributed by atoms with E-state index in [0.29, 0.717) is 17.8 Å². The van der Waals surface area contributed by atoms with E-state index >= 15 is 0 Å². The molecule has 5 nitrogen and oxygen atoms in total. The number of rotatable bonds is 5. The molecule has 19 heavy (non-hydrogen) atoms. The van der Waals surface area contributed by atoms with E-state index in [1.165, 1.54) is 5.56 Å². The molecule has 0 atom stereocenters. The van der Waals surface area contributed by atoms with Gasteiger partial charge in [-0.1, -0.05) is 30.7 Å². The number of aromatic nitrogens is 3. The summed E-state index contributed by atoms with van der Waals surface area (Å²) in [7, 11) is 1.55. The third kappa shape index (κ3) is 3.40. The largest absolute Gasteiger partial charge is 0.467 e. The van der Waals surface area contributed by atoms with Crippen molar-refractivity contribution in [2.75, 3.05) is 19.0 Å². The Hall–Kier alpha value is -2.17. The molecule has 1 N–H and O–H groups in total. The Kier molecular flexibility index (Phi) is 4.28. The number of nitrogens with one attached hydrogen (secondary N) is 1. The third-order valence-electron chi connectivity index (χ3n) is 2.61. The molecule has 0 bridgehead atoms. The van der Waals surface area contributed by atoms with Gasteiger partial charge in [0.1, 0.15) is 0 Å². The molecule has 100 valence electrons. The van der Waals surface area contributed by atoms with Gasteiger partial charge in [-0.25, -0.2) is 0 Å². The highest BCUT2D eigenvalue weighted by molar-refractivity contribution is 5.57. The Balaban J connectivity index is 2.38. The van der Waals surface area contributed by atoms with Crippen LogP contribution in [0.4, 0.5) is 5.95 Å². The Labute approximate surface area is 113 Å². The van der Waals surface area contributed by atoms with Gasteiger partial charge in [-0.3, -0.25) is 0 Å². The molecule has 1 heterocycles. The summed E-state index contributed by atoms with van der Waals surface area (Å²) in [6.45, 7) is 4.95. The molecule has 2 aromatic rings. The first-order valence-corrected chi connectivity index (χ1v) is 6.34. The van der Waals surface area contributed by atoms with Crippen LogP contribution in [0, 0.1) is 6.92 Å². The van der Waals surface area contributed by atoms with Gasteiger partial charge in [0.25, 0.3) is 0 Å². The first-order chi connectivity index (χ1) is 9.22. The predicted molar refractivity (Wildman–Crippen MR) is 75.3 cm³/mol. The zero-order valence-corrected chi connectivity index (χ0v) is 11.5. The summed E-state index contributed by atoms with van der Waals surface area (Å²) in [6.07, 6.45) is 1.01. The highest BCUT2D eigenvalue weighted by Crippen LogP contribution is 2.19. The first-order valence-electron chi connectivity index (χ1n) is 6.34. The van der Waals surface area contributed by atoms with Gasteiger partial charge in [0, 0.05) is 12.1 Å². The van der Waals surface area contributed by atoms with E-state index in [9.17, 15) is 0 Å². The van der Waals surface area contributed by atoms with Crippen LogP contribution in [0.15, 0.2) is 24.3 Å². The van der Waals surface area contributed by atoms with Gasteiger partial charge in [-0.05, 0) is 19.4 Å². The van der Waals surface area contributed by atoms with Crippen molar-refractivity contribution in [3.05, 3.63) is 29.8 Å². The molecule has 0 aliphatic rings. The second-order valence-corrected chi connectivity index (χ2v) is 4.27. The molecule has 2 rings (SSSR count). The van der Waals surface area contributed by atoms with Gasteiger partial charge in [-0.2, -0.15) is 15.0 Å². The van der Waals surface area contributed by atoms with Crippen molar-refractivity contribution in [1.29, 1.82) is 0 Å². The molecule has 1 aromatic carbocycles. The lowest BCUT2D eigenvalue weighted by Gasteiger charge is -2.07. The van der Waals surface area contributed by atoms with Crippen LogP contribution < -0.4 is 10.1 Å². The van der Waals surface area contributed by atoms with Gasteiger partial charge in [-0.15, -0.1) is 0 Å². The monoisotopic (exact) mass is 258 g/mol. The smallest absolute Gasteiger partial charge is 0.321 e. The number of hydrogen-bond donors (Lipinski definition) is 1. The molecular weight excluding hydrogens is 240 g/mol. The van der Waals surface area contributed by atoms with E-state index in [0.717, 1.165) is 18.5 Å². The van der Waals surface area contributed by atoms with E-state index in [1.54, 1.807) is 7.11 Å². The van der Waals surface area contributed by atoms with Crippen LogP contribution in [-0.2, 0) is 0 Å². The highest BCUT2D eigenvalue weighted by Gasteiger charge is 2.08. The van der Waals surface area contributed by atoms with E-state index in [-0.39, 0.29) is 0 Å². The lowest BCUT2D eigenvalue weighted by atomic mass is 10.1. The Morgan fingerprint density at radius 3 is 2.74 bits per heavy atom. The second kappa shape index (κ2) is 6.13. The number of benzene rings is 1. The molecule has 5 heteroatoms. The number of anilines is 1. The van der Waals surface area contributed by atoms with Crippen molar-refractivity contribution < 1.29 is 4.74 Å². The molecule has 0 fully saturated rings. The minimum atomic E-state index is 0.324. The number of ether oxygens (including phenoxy) is 1. The third-order valence-corrected chi connectivity index (χ3v) is 2.61. The minimum Gasteiger partial charge on any atom is -0.467 e. The molecular formula is C14H18N4O. The number of nitrogens with zero attached hydrogens (tertiary/aromatic N) is 3. The molecule has 0 unspecified atom stereocenters. The average molecular weight is 258 g/mol. The Morgan fingerprint density at radius 2 is 2.05 bits per heavy atom. The average Bonchev–Trinajstić information content (AvgIpc) is 2.44. The fraction of sp³-hybridized carbons (Fsp3) is 0.357. The van der Waals surface area contributed by atoms with Crippen molar-refractivity contribution in [1.82, 2.24) is 15.0 Å². The van der Waals surface area contributed by atoms with Gasteiger partial charge in [0.15, 0.2) is 5.82 Å². The van der Waals surface area contributed by atoms with Gasteiger partial charge in [0.2, 0.25) is 5.95 Å². The molecule has 0 saturated carbocycles. The topological polar surface area (TPSA) is 59.9 Å². The summed E-state index contributed by atoms with van der Waals surface area (Å²) in [4.78, 5) is 12.9. The van der Waals surface area contributed by atoms with Crippen LogP contribution in [0.3, 0.4) is 0 Å². The quantitative estimate of drug-likeness (QED) is 0.893. The SMILES string of the molecule is CCCNc1nc(OC)nc(-c2cccc(C)c2)n1. The minimum absolute atomic E-state index is 0.324. The molecule has 1 aromatic heterocycles. The summed E-state index contributed by atoms with van der Waals surface area (Å²) in [6, 6.07) is 8.37. The summed E-state index contributed by atoms with van der Waals surface area (Å²) in [5.74, 6) is 1.17. The normalized spacial score (nSPS) is 10.3. The standard InChI is InChI=1S/C14H18N4O/c1-4-8-15-13-16-12(17-14(18-13)19-3)11-7-5-6-10(2)9-11/h5-7,9H,4,8H2,1-3H3,(H,15,16,17,18). The maximum absolute atomic E-state index is 5.12. The van der Waals surface area contributed by atoms with Gasteiger partial charge >= 0.3 is 6.01 Å². The maximum Gasteiger partial charge on any atom is 0.321 e. The number of hydrogen-bond acceptors (Lipinski definition) is 5. The molecule has 0 radical (unpaired) electrons. The van der Waals surface area contributed by atoms with E-state index in [1.807, 2.05) is 31.2 Å². The van der Waals surface area contributed by atoms with Crippen LogP contribution in [-0.4, -0.2) is 28.6 Å². The lowest BCUT2D eigenvalue weighted by Crippen LogP contribution is -2.07. The number of methoxy groups -OCH3 is 1. The van der Waals surface area contributed by atoms with Crippen molar-refractivity contribution >= 4 is 5.95 Å². The second-order valence-electron chi connectivity index (χ2n) is 4.27. The van der Waals surface area contributed by atoms with Crippen LogP contribution in [0.25, 0.3) is 11.4 Å². The predicted octanol–water partition coefficient (Wildman–Crippen LogP) is 2.68. The lowest BCUT2D eigenvalue weighted by molar-refractivity contribution is 0.379. The van der Waals surface area contributed by atoms with Crippen molar-refractivity contribution in [3.8, 4) is 17.4 Å². The molecule has 0 spiro atoms. The first kappa shape index (κ1) is 13.3. The van der Waals surface area contributed by atoms with Gasteiger partial charge < -0.3 is 10.1 Å². The van der Waals surface area contributed by atoms with Gasteiger partial charge in [0.05, 0.1) is 7.11 Å². The van der Waals surface area contributed by atoms with E-state index < -0.39 is 0 Å². The Morgan fingerprint density at radius 1 is 1.21 bits per heavy atom. The molecule has 0 aliphatic heterocycles. The van der Waals surface area contributed by atoms with Crippen molar-refractivity contribution in [2.45, 2.75) is 20.3 Å². The maximum atomic E-state index is 5.12. The van der Waals surface area contributed by atoms with Crippen LogP contribution in [0.1, 0.15) is 18.9 Å². The zero-order chi connectivity index (χ0) is 13.7. The van der Waals surface area contributed by atoms with Crippen LogP contribution in [0.5, 0.6) is 6.01 Å². The summed E-state index contributed by atoms with van der Waals surface area (Å²) in [5, 5.41) is 3.15. The zero-order valence-electron chi connectivity index (χ0n) is 11.5. The van der Waals surface area contributed by atoms with Crippen LogP contribution in [0.2, 0.25) is 0 Å². The van der Waals surface area contributed by atoms with Crippen molar-refractivity contribution in [2.24, 2.45) is 0 Å². The fourth-order valence-electron chi connectivity index (χ4n) is 1.68. The highest BCUT2D eigenvalue weighted by atomic mass is 16.5. The summed E-state index contributed by atoms with van der Waals surface area (Å²) >= 11 is 0. The molecule has 0 amide bonds. The Bertz CT molecular complexity index is 557. The molecule has 0 aliphatic carbocycles. The molecule has 0 saturated heterocycles. The van der Waals surface area contributed by atoms with E-state index in [2.05, 4.69) is 27.2 Å².